The minimum atomic E-state index is -1.39. The van der Waals surface area contributed by atoms with E-state index in [2.05, 4.69) is 11.6 Å². The molecular weight excluding hydrogens is 253 g/mol. The fourth-order valence-corrected chi connectivity index (χ4v) is 2.42. The minimum absolute atomic E-state index is 0.0194. The summed E-state index contributed by atoms with van der Waals surface area (Å²) in [6, 6.07) is 0. The zero-order chi connectivity index (χ0) is 14.3. The number of ether oxygens (including phenoxy) is 1. The van der Waals surface area contributed by atoms with Gasteiger partial charge in [0.15, 0.2) is 6.23 Å². The quantitative estimate of drug-likeness (QED) is 0.663. The monoisotopic (exact) mass is 271 g/mol. The van der Waals surface area contributed by atoms with Crippen molar-refractivity contribution < 1.29 is 19.3 Å². The molecule has 2 heterocycles. The van der Waals surface area contributed by atoms with Crippen molar-refractivity contribution in [3.8, 4) is 0 Å². The third kappa shape index (κ3) is 2.36. The van der Waals surface area contributed by atoms with Gasteiger partial charge < -0.3 is 25.6 Å². The van der Waals surface area contributed by atoms with Gasteiger partial charge in [0.05, 0.1) is 6.61 Å². The van der Waals surface area contributed by atoms with E-state index in [1.165, 1.54) is 17.9 Å². The summed E-state index contributed by atoms with van der Waals surface area (Å²) in [5.41, 5.74) is 2.79. The molecule has 19 heavy (non-hydrogen) atoms. The van der Waals surface area contributed by atoms with Crippen LogP contribution in [0.2, 0.25) is 0 Å². The Labute approximate surface area is 110 Å². The first-order valence-electron chi connectivity index (χ1n) is 5.90. The molecule has 3 atom stereocenters. The van der Waals surface area contributed by atoms with E-state index < -0.39 is 30.7 Å². The van der Waals surface area contributed by atoms with Crippen LogP contribution in [0.1, 0.15) is 13.3 Å². The molecule has 0 aliphatic carbocycles. The molecule has 7 heteroatoms. The summed E-state index contributed by atoms with van der Waals surface area (Å²) in [5.74, 6) is 0.579. The van der Waals surface area contributed by atoms with E-state index in [0.717, 1.165) is 0 Å². The van der Waals surface area contributed by atoms with Crippen LogP contribution in [0.25, 0.3) is 0 Å². The van der Waals surface area contributed by atoms with Crippen LogP contribution >= 0.6 is 0 Å². The first kappa shape index (κ1) is 14.0. The lowest BCUT2D eigenvalue weighted by Gasteiger charge is -2.35. The molecule has 4 N–H and O–H groups in total. The second-order valence-electron chi connectivity index (χ2n) is 5.15. The lowest BCUT2D eigenvalue weighted by atomic mass is 9.92. The molecule has 0 amide bonds. The first-order chi connectivity index (χ1) is 8.83. The Kier molecular flexibility index (Phi) is 3.38. The van der Waals surface area contributed by atoms with Crippen LogP contribution in [0.3, 0.4) is 0 Å². The highest BCUT2D eigenvalue weighted by molar-refractivity contribution is 5.92. The maximum absolute atomic E-state index is 13.1. The fourth-order valence-electron chi connectivity index (χ4n) is 2.42. The van der Waals surface area contributed by atoms with Crippen molar-refractivity contribution in [1.29, 1.82) is 0 Å². The SMILES string of the molecule is C=C1N=C(N)C=CN1[C@@H]1O[C@@](CO)(CF)C[C@@]1(C)O. The number of alkyl halides is 1. The van der Waals surface area contributed by atoms with Crippen molar-refractivity contribution in [2.24, 2.45) is 10.7 Å². The fraction of sp³-hybridized carbons (Fsp3) is 0.583. The summed E-state index contributed by atoms with van der Waals surface area (Å²) in [7, 11) is 0. The molecule has 0 aromatic heterocycles. The van der Waals surface area contributed by atoms with Crippen molar-refractivity contribution >= 4 is 5.84 Å². The summed E-state index contributed by atoms with van der Waals surface area (Å²) in [5, 5.41) is 19.7. The molecule has 1 fully saturated rings. The highest BCUT2D eigenvalue weighted by atomic mass is 19.1. The average Bonchev–Trinajstić information content (AvgIpc) is 2.62. The Morgan fingerprint density at radius 1 is 1.74 bits per heavy atom. The highest BCUT2D eigenvalue weighted by Crippen LogP contribution is 2.41. The third-order valence-corrected chi connectivity index (χ3v) is 3.32. The average molecular weight is 271 g/mol. The van der Waals surface area contributed by atoms with Gasteiger partial charge in [-0.1, -0.05) is 6.58 Å². The molecule has 0 aromatic rings. The largest absolute Gasteiger partial charge is 0.393 e. The van der Waals surface area contributed by atoms with E-state index in [-0.39, 0.29) is 18.1 Å². The molecule has 0 saturated carbocycles. The van der Waals surface area contributed by atoms with Gasteiger partial charge in [-0.15, -0.1) is 0 Å². The summed E-state index contributed by atoms with van der Waals surface area (Å²) in [6.07, 6.45) is 2.20. The van der Waals surface area contributed by atoms with Crippen LogP contribution < -0.4 is 5.73 Å². The van der Waals surface area contributed by atoms with Crippen molar-refractivity contribution in [2.75, 3.05) is 13.3 Å². The number of rotatable bonds is 3. The van der Waals surface area contributed by atoms with Crippen molar-refractivity contribution in [1.82, 2.24) is 4.90 Å². The van der Waals surface area contributed by atoms with E-state index >= 15 is 0 Å². The molecule has 1 saturated heterocycles. The number of nitrogens with zero attached hydrogens (tertiary/aromatic N) is 2. The molecule has 0 radical (unpaired) electrons. The second kappa shape index (κ2) is 4.59. The number of aliphatic imine (C=N–C) groups is 1. The van der Waals surface area contributed by atoms with Gasteiger partial charge in [-0.3, -0.25) is 0 Å². The third-order valence-electron chi connectivity index (χ3n) is 3.32. The van der Waals surface area contributed by atoms with Gasteiger partial charge in [0.25, 0.3) is 0 Å². The number of halogens is 1. The molecular formula is C12H18FN3O3. The summed E-state index contributed by atoms with van der Waals surface area (Å²) >= 11 is 0. The van der Waals surface area contributed by atoms with Crippen LogP contribution in [0.15, 0.2) is 29.7 Å². The number of hydrogen-bond donors (Lipinski definition) is 3. The Bertz CT molecular complexity index is 444. The Hall–Kier alpha value is -1.44. The molecule has 106 valence electrons. The van der Waals surface area contributed by atoms with Crippen LogP contribution in [-0.2, 0) is 4.74 Å². The zero-order valence-corrected chi connectivity index (χ0v) is 10.7. The van der Waals surface area contributed by atoms with E-state index in [9.17, 15) is 14.6 Å². The normalized spacial score (nSPS) is 38.7. The number of nitrogens with two attached hydrogens (primary N) is 1. The summed E-state index contributed by atoms with van der Waals surface area (Å²) < 4.78 is 18.6. The molecule has 0 bridgehead atoms. The lowest BCUT2D eigenvalue weighted by molar-refractivity contribution is -0.141. The number of amidine groups is 1. The first-order valence-corrected chi connectivity index (χ1v) is 5.90. The molecule has 6 nitrogen and oxygen atoms in total. The molecule has 2 rings (SSSR count). The maximum atomic E-state index is 13.1. The van der Waals surface area contributed by atoms with Gasteiger partial charge in [-0.25, -0.2) is 9.38 Å². The highest BCUT2D eigenvalue weighted by Gasteiger charge is 2.55. The molecule has 0 spiro atoms. The van der Waals surface area contributed by atoms with Gasteiger partial charge in [-0.05, 0) is 13.0 Å². The van der Waals surface area contributed by atoms with Gasteiger partial charge in [0.1, 0.15) is 29.5 Å². The Morgan fingerprint density at radius 3 is 2.89 bits per heavy atom. The summed E-state index contributed by atoms with van der Waals surface area (Å²) in [4.78, 5) is 5.44. The number of hydrogen-bond acceptors (Lipinski definition) is 6. The molecule has 2 aliphatic heterocycles. The topological polar surface area (TPSA) is 91.3 Å². The predicted molar refractivity (Wildman–Crippen MR) is 67.6 cm³/mol. The van der Waals surface area contributed by atoms with E-state index in [4.69, 9.17) is 10.5 Å². The van der Waals surface area contributed by atoms with E-state index in [1.807, 2.05) is 0 Å². The standard InChI is InChI=1S/C12H18FN3O3/c1-8-15-9(14)3-4-16(8)10-11(2,18)5-12(6-13,7-17)19-10/h3-4,10,17-18H,1,5-7H2,2H3,(H2,14,15)/t10-,11-,12-/m1/s1. The Morgan fingerprint density at radius 2 is 2.42 bits per heavy atom. The minimum Gasteiger partial charge on any atom is -0.393 e. The Balaban J connectivity index is 2.26. The van der Waals surface area contributed by atoms with Crippen LogP contribution in [0, 0.1) is 0 Å². The molecule has 0 aromatic carbocycles. The van der Waals surface area contributed by atoms with Gasteiger partial charge in [0.2, 0.25) is 0 Å². The van der Waals surface area contributed by atoms with Crippen molar-refractivity contribution in [2.45, 2.75) is 30.8 Å². The second-order valence-corrected chi connectivity index (χ2v) is 5.15. The van der Waals surface area contributed by atoms with Gasteiger partial charge in [0, 0.05) is 12.6 Å². The van der Waals surface area contributed by atoms with Crippen LogP contribution in [0.4, 0.5) is 4.39 Å². The smallest absolute Gasteiger partial charge is 0.164 e. The van der Waals surface area contributed by atoms with E-state index in [1.54, 1.807) is 6.20 Å². The van der Waals surface area contributed by atoms with Crippen molar-refractivity contribution in [3.05, 3.63) is 24.7 Å². The predicted octanol–water partition coefficient (Wildman–Crippen LogP) is -0.158. The lowest BCUT2D eigenvalue weighted by Crippen LogP contribution is -2.46. The maximum Gasteiger partial charge on any atom is 0.164 e. The number of aliphatic hydroxyl groups excluding tert-OH is 1. The molecule has 0 unspecified atom stereocenters. The number of aliphatic hydroxyl groups is 2. The zero-order valence-electron chi connectivity index (χ0n) is 10.7. The van der Waals surface area contributed by atoms with Crippen LogP contribution in [0.5, 0.6) is 0 Å². The summed E-state index contributed by atoms with van der Waals surface area (Å²) in [6.45, 7) is 3.85. The van der Waals surface area contributed by atoms with E-state index in [0.29, 0.717) is 0 Å². The van der Waals surface area contributed by atoms with Crippen LogP contribution in [-0.4, -0.2) is 51.7 Å². The molecule has 2 aliphatic rings. The van der Waals surface area contributed by atoms with Crippen molar-refractivity contribution in [3.63, 3.8) is 0 Å². The van der Waals surface area contributed by atoms with Gasteiger partial charge >= 0.3 is 0 Å². The van der Waals surface area contributed by atoms with Gasteiger partial charge in [-0.2, -0.15) is 0 Å².